The van der Waals surface area contributed by atoms with Crippen LogP contribution < -0.4 is 10.6 Å². The van der Waals surface area contributed by atoms with E-state index in [0.29, 0.717) is 16.9 Å². The molecule has 1 aliphatic rings. The Labute approximate surface area is 204 Å². The summed E-state index contributed by atoms with van der Waals surface area (Å²) in [4.78, 5) is 22.1. The van der Waals surface area contributed by atoms with Crippen LogP contribution in [0, 0.1) is 11.3 Å². The molecule has 1 aliphatic heterocycles. The van der Waals surface area contributed by atoms with Crippen molar-refractivity contribution in [3.8, 4) is 6.07 Å². The molecule has 0 unspecified atom stereocenters. The zero-order chi connectivity index (χ0) is 24.7. The molecule has 0 radical (unpaired) electrons. The molecule has 3 atom stereocenters. The van der Waals surface area contributed by atoms with Gasteiger partial charge in [-0.3, -0.25) is 14.1 Å². The molecule has 10 heteroatoms. The van der Waals surface area contributed by atoms with Crippen molar-refractivity contribution in [3.63, 3.8) is 0 Å². The van der Waals surface area contributed by atoms with Crippen LogP contribution in [0.25, 0.3) is 16.6 Å². The predicted molar refractivity (Wildman–Crippen MR) is 134 cm³/mol. The van der Waals surface area contributed by atoms with E-state index in [0.717, 1.165) is 31.4 Å². The smallest absolute Gasteiger partial charge is 0.349 e. The van der Waals surface area contributed by atoms with Gasteiger partial charge in [-0.05, 0) is 43.5 Å². The fourth-order valence-corrected chi connectivity index (χ4v) is 5.30. The maximum absolute atomic E-state index is 12.8. The molecule has 4 aromatic rings. The number of hydrogen-bond acceptors (Lipinski definition) is 7. The van der Waals surface area contributed by atoms with E-state index < -0.39 is 0 Å². The van der Waals surface area contributed by atoms with E-state index in [1.54, 1.807) is 17.9 Å². The number of piperazine rings is 1. The Bertz CT molecular complexity index is 1460. The monoisotopic (exact) mass is 473 g/mol. The van der Waals surface area contributed by atoms with Gasteiger partial charge in [0.2, 0.25) is 0 Å². The maximum atomic E-state index is 12.8. The number of aromatic nitrogens is 6. The highest BCUT2D eigenvalue weighted by Gasteiger charge is 2.37. The van der Waals surface area contributed by atoms with Gasteiger partial charge in [0, 0.05) is 50.7 Å². The third-order valence-corrected chi connectivity index (χ3v) is 7.39. The summed E-state index contributed by atoms with van der Waals surface area (Å²) in [6.07, 6.45) is 7.49. The molecule has 5 rings (SSSR count). The summed E-state index contributed by atoms with van der Waals surface area (Å²) in [6, 6.07) is 9.23. The highest BCUT2D eigenvalue weighted by atomic mass is 16.1. The van der Waals surface area contributed by atoms with Crippen LogP contribution in [0.4, 0.5) is 5.82 Å². The molecule has 0 spiro atoms. The van der Waals surface area contributed by atoms with E-state index in [-0.39, 0.29) is 30.4 Å². The number of aryl methyl sites for hydroxylation is 1. The highest BCUT2D eigenvalue weighted by molar-refractivity contribution is 5.85. The molecule has 10 nitrogen and oxygen atoms in total. The lowest BCUT2D eigenvalue weighted by Gasteiger charge is -2.49. The van der Waals surface area contributed by atoms with Gasteiger partial charge in [-0.25, -0.2) is 9.31 Å². The fourth-order valence-electron chi connectivity index (χ4n) is 5.30. The SMILES string of the molecule is CC[C@H]1CN([C@H](C)c2ccn3nccc3c2)[C@H](CC)CN1c1nc(=O)n(C)c2cn(CC#N)nc12. The van der Waals surface area contributed by atoms with Gasteiger partial charge in [-0.2, -0.15) is 20.4 Å². The summed E-state index contributed by atoms with van der Waals surface area (Å²) in [5.41, 5.74) is 3.42. The number of nitriles is 1. The summed E-state index contributed by atoms with van der Waals surface area (Å²) in [5, 5.41) is 18.1. The van der Waals surface area contributed by atoms with E-state index in [9.17, 15) is 4.79 Å². The van der Waals surface area contributed by atoms with E-state index in [1.165, 1.54) is 10.1 Å². The van der Waals surface area contributed by atoms with Crippen molar-refractivity contribution in [1.82, 2.24) is 33.8 Å². The zero-order valence-electron chi connectivity index (χ0n) is 20.7. The first kappa shape index (κ1) is 23.1. The Kier molecular flexibility index (Phi) is 6.03. The maximum Gasteiger partial charge on any atom is 0.349 e. The average molecular weight is 474 g/mol. The molecule has 0 amide bonds. The Balaban J connectivity index is 1.51. The summed E-state index contributed by atoms with van der Waals surface area (Å²) in [5.74, 6) is 0.623. The molecule has 0 N–H and O–H groups in total. The minimum Gasteiger partial charge on any atom is -0.349 e. The second kappa shape index (κ2) is 9.15. The van der Waals surface area contributed by atoms with Crippen LogP contribution in [0.2, 0.25) is 0 Å². The van der Waals surface area contributed by atoms with Crippen LogP contribution in [0.5, 0.6) is 0 Å². The van der Waals surface area contributed by atoms with Crippen LogP contribution in [0.3, 0.4) is 0 Å². The lowest BCUT2D eigenvalue weighted by atomic mass is 9.97. The number of hydrogen-bond donors (Lipinski definition) is 0. The molecule has 35 heavy (non-hydrogen) atoms. The Morgan fingerprint density at radius 2 is 2.00 bits per heavy atom. The largest absolute Gasteiger partial charge is 0.349 e. The van der Waals surface area contributed by atoms with E-state index in [2.05, 4.69) is 64.0 Å². The van der Waals surface area contributed by atoms with Gasteiger partial charge in [0.05, 0.1) is 23.3 Å². The molecule has 4 aromatic heterocycles. The summed E-state index contributed by atoms with van der Waals surface area (Å²) < 4.78 is 4.97. The number of fused-ring (bicyclic) bond motifs is 2. The number of anilines is 1. The topological polar surface area (TPSA) is 100 Å². The number of rotatable bonds is 6. The van der Waals surface area contributed by atoms with Crippen molar-refractivity contribution < 1.29 is 0 Å². The first-order valence-electron chi connectivity index (χ1n) is 12.2. The predicted octanol–water partition coefficient (Wildman–Crippen LogP) is 2.74. The second-order valence-electron chi connectivity index (χ2n) is 9.31. The van der Waals surface area contributed by atoms with Crippen molar-refractivity contribution >= 4 is 22.4 Å². The van der Waals surface area contributed by atoms with Crippen molar-refractivity contribution in [2.75, 3.05) is 18.0 Å². The van der Waals surface area contributed by atoms with Crippen molar-refractivity contribution in [1.29, 1.82) is 5.26 Å². The average Bonchev–Trinajstić information content (AvgIpc) is 3.52. The first-order valence-corrected chi connectivity index (χ1v) is 12.2. The van der Waals surface area contributed by atoms with Gasteiger partial charge in [0.1, 0.15) is 6.54 Å². The van der Waals surface area contributed by atoms with Gasteiger partial charge in [-0.15, -0.1) is 0 Å². The number of nitrogens with zero attached hydrogens (tertiary/aromatic N) is 9. The molecular formula is C25H31N9O. The molecule has 0 aromatic carbocycles. The minimum atomic E-state index is -0.309. The van der Waals surface area contributed by atoms with Crippen molar-refractivity contribution in [3.05, 3.63) is 52.8 Å². The standard InChI is InChI=1S/C25H31N9O/c1-5-19-15-33(24-23-22(30(4)25(35)28-24)16-31(29-23)12-9-26)20(6-2)14-32(19)17(3)18-8-11-34-21(13-18)7-10-27-34/h7-8,10-11,13,16-17,19-20H,5-6,12,14-15H2,1-4H3/t17-,19-,20+/m1/s1. The molecule has 0 bridgehead atoms. The lowest BCUT2D eigenvalue weighted by Crippen LogP contribution is -2.59. The Morgan fingerprint density at radius 1 is 1.20 bits per heavy atom. The van der Waals surface area contributed by atoms with Crippen LogP contribution >= 0.6 is 0 Å². The molecule has 5 heterocycles. The highest BCUT2D eigenvalue weighted by Crippen LogP contribution is 2.33. The molecule has 0 aliphatic carbocycles. The third-order valence-electron chi connectivity index (χ3n) is 7.39. The van der Waals surface area contributed by atoms with Crippen LogP contribution in [-0.2, 0) is 13.6 Å². The quantitative estimate of drug-likeness (QED) is 0.424. The number of pyridine rings is 1. The molecule has 1 saturated heterocycles. The van der Waals surface area contributed by atoms with Crippen molar-refractivity contribution in [2.24, 2.45) is 7.05 Å². The third kappa shape index (κ3) is 3.96. The molecule has 0 saturated carbocycles. The normalized spacial score (nSPS) is 19.9. The van der Waals surface area contributed by atoms with Crippen LogP contribution in [-0.4, -0.2) is 59.0 Å². The van der Waals surface area contributed by atoms with E-state index in [1.807, 2.05) is 23.0 Å². The van der Waals surface area contributed by atoms with Gasteiger partial charge in [0.25, 0.3) is 0 Å². The Morgan fingerprint density at radius 3 is 2.74 bits per heavy atom. The molecular weight excluding hydrogens is 442 g/mol. The van der Waals surface area contributed by atoms with Crippen LogP contribution in [0.1, 0.15) is 45.2 Å². The summed E-state index contributed by atoms with van der Waals surface area (Å²) >= 11 is 0. The van der Waals surface area contributed by atoms with Gasteiger partial charge in [0.15, 0.2) is 11.3 Å². The minimum absolute atomic E-state index is 0.129. The Hall–Kier alpha value is -3.71. The van der Waals surface area contributed by atoms with E-state index in [4.69, 9.17) is 5.26 Å². The fraction of sp³-hybridized carbons (Fsp3) is 0.480. The van der Waals surface area contributed by atoms with Gasteiger partial charge >= 0.3 is 5.69 Å². The van der Waals surface area contributed by atoms with Crippen LogP contribution in [0.15, 0.2) is 41.6 Å². The van der Waals surface area contributed by atoms with Crippen molar-refractivity contribution in [2.45, 2.75) is 58.3 Å². The lowest BCUT2D eigenvalue weighted by molar-refractivity contribution is 0.101. The zero-order valence-corrected chi connectivity index (χ0v) is 20.7. The summed E-state index contributed by atoms with van der Waals surface area (Å²) in [7, 11) is 1.70. The van der Waals surface area contributed by atoms with Gasteiger partial charge < -0.3 is 4.90 Å². The molecule has 182 valence electrons. The summed E-state index contributed by atoms with van der Waals surface area (Å²) in [6.45, 7) is 8.41. The molecule has 1 fully saturated rings. The first-order chi connectivity index (χ1) is 16.9. The second-order valence-corrected chi connectivity index (χ2v) is 9.31. The van der Waals surface area contributed by atoms with E-state index >= 15 is 0 Å². The van der Waals surface area contributed by atoms with Gasteiger partial charge in [-0.1, -0.05) is 13.8 Å².